The molecule has 0 radical (unpaired) electrons. The van der Waals surface area contributed by atoms with E-state index in [1.165, 1.54) is 0 Å². The first-order chi connectivity index (χ1) is 12.2. The van der Waals surface area contributed by atoms with E-state index in [1.807, 2.05) is 18.2 Å². The lowest BCUT2D eigenvalue weighted by Gasteiger charge is -2.24. The number of ether oxygens (including phenoxy) is 3. The largest absolute Gasteiger partial charge is 0.497 e. The van der Waals surface area contributed by atoms with Gasteiger partial charge in [-0.15, -0.1) is 24.8 Å². The van der Waals surface area contributed by atoms with Crippen molar-refractivity contribution in [2.75, 3.05) is 52.0 Å². The van der Waals surface area contributed by atoms with Gasteiger partial charge in [-0.3, -0.25) is 4.79 Å². The van der Waals surface area contributed by atoms with Gasteiger partial charge in [0.15, 0.2) is 0 Å². The predicted octanol–water partition coefficient (Wildman–Crippen LogP) is 1.62. The smallest absolute Gasteiger partial charge is 0.221 e. The third kappa shape index (κ3) is 6.60. The van der Waals surface area contributed by atoms with Crippen LogP contribution in [0.3, 0.4) is 0 Å². The standard InChI is InChI=1S/C18H27N3O4.2ClH/c1-23-16-8-15(9-17(10-16)24-2)21-5-3-13(11-21)20-18(22)7-14-12-25-6-4-19-14;;/h8-10,13-14,19H,3-7,11-12H2,1-2H3,(H,20,22);2*1H. The molecular weight excluding hydrogens is 393 g/mol. The second-order valence-electron chi connectivity index (χ2n) is 6.50. The second kappa shape index (κ2) is 11.4. The maximum Gasteiger partial charge on any atom is 0.221 e. The highest BCUT2D eigenvalue weighted by Gasteiger charge is 2.26. The topological polar surface area (TPSA) is 72.1 Å². The Bertz CT molecular complexity index is 578. The molecule has 7 nitrogen and oxygen atoms in total. The predicted molar refractivity (Wildman–Crippen MR) is 110 cm³/mol. The third-order valence-corrected chi connectivity index (χ3v) is 4.68. The van der Waals surface area contributed by atoms with E-state index in [4.69, 9.17) is 14.2 Å². The third-order valence-electron chi connectivity index (χ3n) is 4.68. The molecule has 2 N–H and O–H groups in total. The number of benzene rings is 1. The zero-order valence-electron chi connectivity index (χ0n) is 15.7. The number of methoxy groups -OCH3 is 2. The van der Waals surface area contributed by atoms with E-state index in [2.05, 4.69) is 15.5 Å². The van der Waals surface area contributed by atoms with Gasteiger partial charge in [0.2, 0.25) is 5.91 Å². The maximum atomic E-state index is 12.2. The summed E-state index contributed by atoms with van der Waals surface area (Å²) in [5.74, 6) is 1.62. The molecular formula is C18H29Cl2N3O4. The molecule has 154 valence electrons. The zero-order valence-corrected chi connectivity index (χ0v) is 17.4. The van der Waals surface area contributed by atoms with Crippen molar-refractivity contribution in [1.82, 2.24) is 10.6 Å². The lowest BCUT2D eigenvalue weighted by Crippen LogP contribution is -2.46. The molecule has 2 aliphatic rings. The van der Waals surface area contributed by atoms with Crippen molar-refractivity contribution in [3.8, 4) is 11.5 Å². The Kier molecular flexibility index (Phi) is 10.0. The molecule has 3 rings (SSSR count). The van der Waals surface area contributed by atoms with Crippen molar-refractivity contribution >= 4 is 36.4 Å². The van der Waals surface area contributed by atoms with Gasteiger partial charge in [0.1, 0.15) is 11.5 Å². The summed E-state index contributed by atoms with van der Waals surface area (Å²) in [4.78, 5) is 14.5. The first-order valence-electron chi connectivity index (χ1n) is 8.76. The number of halogens is 2. The van der Waals surface area contributed by atoms with Crippen LogP contribution in [-0.2, 0) is 9.53 Å². The quantitative estimate of drug-likeness (QED) is 0.726. The monoisotopic (exact) mass is 421 g/mol. The number of hydrogen-bond acceptors (Lipinski definition) is 6. The first-order valence-corrected chi connectivity index (χ1v) is 8.76. The summed E-state index contributed by atoms with van der Waals surface area (Å²) in [5, 5.41) is 6.46. The van der Waals surface area contributed by atoms with Gasteiger partial charge in [0, 0.05) is 62.0 Å². The zero-order chi connectivity index (χ0) is 17.6. The number of carbonyl (C=O) groups excluding carboxylic acids is 1. The maximum absolute atomic E-state index is 12.2. The minimum atomic E-state index is 0. The summed E-state index contributed by atoms with van der Waals surface area (Å²) in [6.45, 7) is 3.82. The van der Waals surface area contributed by atoms with Crippen LogP contribution in [0, 0.1) is 0 Å². The molecule has 27 heavy (non-hydrogen) atoms. The summed E-state index contributed by atoms with van der Waals surface area (Å²) in [6, 6.07) is 6.13. The Balaban J connectivity index is 0.00000182. The van der Waals surface area contributed by atoms with E-state index in [-0.39, 0.29) is 42.8 Å². The minimum Gasteiger partial charge on any atom is -0.497 e. The molecule has 0 aromatic heterocycles. The minimum absolute atomic E-state index is 0. The van der Waals surface area contributed by atoms with Gasteiger partial charge in [0.05, 0.1) is 27.4 Å². The molecule has 0 bridgehead atoms. The summed E-state index contributed by atoms with van der Waals surface area (Å²) in [7, 11) is 3.29. The molecule has 2 atom stereocenters. The van der Waals surface area contributed by atoms with Gasteiger partial charge >= 0.3 is 0 Å². The van der Waals surface area contributed by atoms with E-state index in [0.717, 1.165) is 49.8 Å². The summed E-state index contributed by atoms with van der Waals surface area (Å²) >= 11 is 0. The number of rotatable bonds is 6. The molecule has 2 heterocycles. The number of hydrogen-bond donors (Lipinski definition) is 2. The summed E-state index contributed by atoms with van der Waals surface area (Å²) < 4.78 is 16.1. The molecule has 1 aromatic rings. The van der Waals surface area contributed by atoms with Crippen LogP contribution in [0.5, 0.6) is 11.5 Å². The van der Waals surface area contributed by atoms with Gasteiger partial charge in [-0.25, -0.2) is 0 Å². The van der Waals surface area contributed by atoms with Crippen molar-refractivity contribution in [2.45, 2.75) is 24.9 Å². The van der Waals surface area contributed by atoms with Gasteiger partial charge in [-0.2, -0.15) is 0 Å². The summed E-state index contributed by atoms with van der Waals surface area (Å²) in [6.07, 6.45) is 1.39. The number of nitrogens with zero attached hydrogens (tertiary/aromatic N) is 1. The van der Waals surface area contributed by atoms with Crippen LogP contribution in [0.2, 0.25) is 0 Å². The molecule has 1 aromatic carbocycles. The fourth-order valence-electron chi connectivity index (χ4n) is 3.35. The van der Waals surface area contributed by atoms with Crippen LogP contribution in [0.15, 0.2) is 18.2 Å². The van der Waals surface area contributed by atoms with Crippen LogP contribution in [0.25, 0.3) is 0 Å². The van der Waals surface area contributed by atoms with Crippen LogP contribution < -0.4 is 25.0 Å². The van der Waals surface area contributed by atoms with Gasteiger partial charge in [-0.05, 0) is 6.42 Å². The molecule has 9 heteroatoms. The van der Waals surface area contributed by atoms with E-state index >= 15 is 0 Å². The highest BCUT2D eigenvalue weighted by molar-refractivity contribution is 5.85. The molecule has 1 amide bonds. The van der Waals surface area contributed by atoms with Crippen molar-refractivity contribution in [3.63, 3.8) is 0 Å². The van der Waals surface area contributed by atoms with Crippen LogP contribution in [0.4, 0.5) is 5.69 Å². The SMILES string of the molecule is COc1cc(OC)cc(N2CCC(NC(=O)CC3COCCN3)C2)c1.Cl.Cl. The van der Waals surface area contributed by atoms with Gasteiger partial charge < -0.3 is 29.7 Å². The number of nitrogens with one attached hydrogen (secondary N) is 2. The average Bonchev–Trinajstić information content (AvgIpc) is 3.10. The Hall–Kier alpha value is -1.41. The Morgan fingerprint density at radius 2 is 1.96 bits per heavy atom. The van der Waals surface area contributed by atoms with Crippen molar-refractivity contribution in [1.29, 1.82) is 0 Å². The Morgan fingerprint density at radius 3 is 2.56 bits per heavy atom. The molecule has 0 spiro atoms. The highest BCUT2D eigenvalue weighted by atomic mass is 35.5. The highest BCUT2D eigenvalue weighted by Crippen LogP contribution is 2.30. The number of morpholine rings is 1. The van der Waals surface area contributed by atoms with Crippen molar-refractivity contribution < 1.29 is 19.0 Å². The van der Waals surface area contributed by atoms with Crippen molar-refractivity contribution in [3.05, 3.63) is 18.2 Å². The lowest BCUT2D eigenvalue weighted by molar-refractivity contribution is -0.122. The molecule has 2 unspecified atom stereocenters. The number of carbonyl (C=O) groups is 1. The molecule has 2 saturated heterocycles. The normalized spacial score (nSPS) is 21.6. The van der Waals surface area contributed by atoms with E-state index in [9.17, 15) is 4.79 Å². The Morgan fingerprint density at radius 1 is 1.26 bits per heavy atom. The van der Waals surface area contributed by atoms with Gasteiger partial charge in [0.25, 0.3) is 0 Å². The number of amides is 1. The molecule has 2 fully saturated rings. The second-order valence-corrected chi connectivity index (χ2v) is 6.50. The van der Waals surface area contributed by atoms with E-state index in [0.29, 0.717) is 13.0 Å². The fraction of sp³-hybridized carbons (Fsp3) is 0.611. The average molecular weight is 422 g/mol. The lowest BCUT2D eigenvalue weighted by atomic mass is 10.1. The van der Waals surface area contributed by atoms with Crippen LogP contribution >= 0.6 is 24.8 Å². The van der Waals surface area contributed by atoms with E-state index in [1.54, 1.807) is 14.2 Å². The number of anilines is 1. The fourth-order valence-corrected chi connectivity index (χ4v) is 3.35. The summed E-state index contributed by atoms with van der Waals surface area (Å²) in [5.41, 5.74) is 1.05. The first kappa shape index (κ1) is 23.6. The molecule has 0 saturated carbocycles. The Labute approximate surface area is 172 Å². The van der Waals surface area contributed by atoms with E-state index < -0.39 is 0 Å². The van der Waals surface area contributed by atoms with Gasteiger partial charge in [-0.1, -0.05) is 0 Å². The van der Waals surface area contributed by atoms with Crippen LogP contribution in [0.1, 0.15) is 12.8 Å². The van der Waals surface area contributed by atoms with Crippen LogP contribution in [-0.4, -0.2) is 65.1 Å². The van der Waals surface area contributed by atoms with Crippen molar-refractivity contribution in [2.24, 2.45) is 0 Å². The molecule has 0 aliphatic carbocycles. The molecule has 2 aliphatic heterocycles.